The fourth-order valence-corrected chi connectivity index (χ4v) is 4.16. The highest BCUT2D eigenvalue weighted by atomic mass is 14.9. The van der Waals surface area contributed by atoms with Crippen molar-refractivity contribution in [2.75, 3.05) is 0 Å². The molecule has 0 radical (unpaired) electrons. The molecule has 0 N–H and O–H groups in total. The molecule has 1 nitrogen and oxygen atoms in total. The van der Waals surface area contributed by atoms with Crippen LogP contribution >= 0.6 is 0 Å². The fourth-order valence-electron chi connectivity index (χ4n) is 4.16. The zero-order valence-corrected chi connectivity index (χ0v) is 15.4. The van der Waals surface area contributed by atoms with Crippen molar-refractivity contribution < 1.29 is 5.94 Å². The van der Waals surface area contributed by atoms with Crippen LogP contribution in [0.3, 0.4) is 0 Å². The Labute approximate surface area is 146 Å². The van der Waals surface area contributed by atoms with E-state index in [1.54, 1.807) is 0 Å². The van der Waals surface area contributed by atoms with Crippen LogP contribution in [0.1, 0.15) is 41.3 Å². The van der Waals surface area contributed by atoms with Crippen LogP contribution in [0.2, 0.25) is 0 Å². The van der Waals surface area contributed by atoms with Crippen LogP contribution in [0, 0.1) is 27.7 Å². The molecule has 0 saturated heterocycles. The summed E-state index contributed by atoms with van der Waals surface area (Å²) in [4.78, 5) is 0. The standard InChI is InChI=1S/C23H26N/c1-14-9-15(2)17(4)21(10-14)23-22-13-19-8-6-7-18(19)12-20(22)11-16(3)24(23)5/h9-13H,6-8H2,1-5H3/q+1/i11D. The van der Waals surface area contributed by atoms with Gasteiger partial charge in [0.25, 0.3) is 0 Å². The lowest BCUT2D eigenvalue weighted by Gasteiger charge is -2.14. The van der Waals surface area contributed by atoms with Gasteiger partial charge < -0.3 is 0 Å². The molecule has 4 rings (SSSR count). The summed E-state index contributed by atoms with van der Waals surface area (Å²) in [6, 6.07) is 9.87. The predicted octanol–water partition coefficient (Wildman–Crippen LogP) is 5.05. The Bertz CT molecular complexity index is 1030. The number of pyridine rings is 1. The van der Waals surface area contributed by atoms with Crippen LogP contribution in [0.15, 0.2) is 30.3 Å². The Kier molecular flexibility index (Phi) is 3.22. The van der Waals surface area contributed by atoms with E-state index in [9.17, 15) is 0 Å². The van der Waals surface area contributed by atoms with Gasteiger partial charge in [0.05, 0.1) is 12.3 Å². The van der Waals surface area contributed by atoms with Crippen molar-refractivity contribution >= 4 is 10.8 Å². The Morgan fingerprint density at radius 2 is 1.67 bits per heavy atom. The van der Waals surface area contributed by atoms with E-state index in [4.69, 9.17) is 1.37 Å². The minimum atomic E-state index is 0.665. The molecule has 0 aliphatic heterocycles. The van der Waals surface area contributed by atoms with E-state index in [1.165, 1.54) is 57.3 Å². The smallest absolute Gasteiger partial charge is 0.198 e. The molecule has 0 bridgehead atoms. The van der Waals surface area contributed by atoms with Crippen molar-refractivity contribution in [3.8, 4) is 11.3 Å². The van der Waals surface area contributed by atoms with Gasteiger partial charge in [0, 0.05) is 13.0 Å². The average molecular weight is 317 g/mol. The minimum absolute atomic E-state index is 0.665. The van der Waals surface area contributed by atoms with Gasteiger partial charge in [-0.3, -0.25) is 0 Å². The van der Waals surface area contributed by atoms with Crippen molar-refractivity contribution in [3.05, 3.63) is 63.8 Å². The lowest BCUT2D eigenvalue weighted by molar-refractivity contribution is -0.665. The zero-order chi connectivity index (χ0) is 17.9. The molecule has 0 fully saturated rings. The lowest BCUT2D eigenvalue weighted by Crippen LogP contribution is -2.35. The summed E-state index contributed by atoms with van der Waals surface area (Å²) in [6.45, 7) is 8.64. The first-order valence-electron chi connectivity index (χ1n) is 9.41. The number of aromatic nitrogens is 1. The highest BCUT2D eigenvalue weighted by Gasteiger charge is 2.23. The molecule has 24 heavy (non-hydrogen) atoms. The van der Waals surface area contributed by atoms with Gasteiger partial charge in [-0.15, -0.1) is 0 Å². The Balaban J connectivity index is 2.17. The van der Waals surface area contributed by atoms with Crippen molar-refractivity contribution in [2.45, 2.75) is 47.0 Å². The molecule has 2 aromatic carbocycles. The highest BCUT2D eigenvalue weighted by Crippen LogP contribution is 2.34. The molecule has 1 aromatic heterocycles. The highest BCUT2D eigenvalue weighted by molar-refractivity contribution is 5.95. The van der Waals surface area contributed by atoms with Crippen molar-refractivity contribution in [1.29, 1.82) is 0 Å². The van der Waals surface area contributed by atoms with Crippen LogP contribution in [-0.2, 0) is 19.9 Å². The van der Waals surface area contributed by atoms with Crippen LogP contribution in [0.4, 0.5) is 0 Å². The second-order valence-corrected chi connectivity index (χ2v) is 7.39. The monoisotopic (exact) mass is 317 g/mol. The van der Waals surface area contributed by atoms with Gasteiger partial charge in [0.1, 0.15) is 7.05 Å². The van der Waals surface area contributed by atoms with E-state index in [0.717, 1.165) is 17.5 Å². The lowest BCUT2D eigenvalue weighted by atomic mass is 9.93. The number of nitrogens with zero attached hydrogens (tertiary/aromatic N) is 1. The first kappa shape index (κ1) is 14.2. The fraction of sp³-hybridized carbons (Fsp3) is 0.348. The normalized spacial score (nSPS) is 14.1. The third kappa shape index (κ3) is 2.26. The number of aryl methyl sites for hydroxylation is 4. The first-order valence-corrected chi connectivity index (χ1v) is 8.91. The largest absolute Gasteiger partial charge is 0.220 e. The maximum atomic E-state index is 8.67. The maximum Gasteiger partial charge on any atom is 0.220 e. The summed E-state index contributed by atoms with van der Waals surface area (Å²) in [7, 11) is 2.10. The SMILES string of the molecule is [2H]c1c(C)[n+](C)c(-c2cc(C)cc(C)c2C)c2cc3c(cc12)CCC3. The third-order valence-corrected chi connectivity index (χ3v) is 5.71. The molecule has 1 heterocycles. The second kappa shape index (κ2) is 5.44. The van der Waals surface area contributed by atoms with Crippen molar-refractivity contribution in [1.82, 2.24) is 0 Å². The van der Waals surface area contributed by atoms with Gasteiger partial charge in [0.2, 0.25) is 5.69 Å². The van der Waals surface area contributed by atoms with Crippen LogP contribution in [0.25, 0.3) is 22.0 Å². The number of hydrogen-bond acceptors (Lipinski definition) is 0. The summed E-state index contributed by atoms with van der Waals surface area (Å²) in [5, 5.41) is 2.33. The molecule has 122 valence electrons. The maximum absolute atomic E-state index is 8.67. The quantitative estimate of drug-likeness (QED) is 0.553. The molecular formula is C23H26N+. The molecule has 0 spiro atoms. The molecular weight excluding hydrogens is 290 g/mol. The number of rotatable bonds is 1. The van der Waals surface area contributed by atoms with E-state index >= 15 is 0 Å². The molecule has 0 unspecified atom stereocenters. The van der Waals surface area contributed by atoms with Crippen molar-refractivity contribution in [3.63, 3.8) is 0 Å². The van der Waals surface area contributed by atoms with Crippen LogP contribution < -0.4 is 4.57 Å². The molecule has 1 heteroatoms. The Morgan fingerprint density at radius 3 is 2.42 bits per heavy atom. The molecule has 3 aromatic rings. The molecule has 1 aliphatic carbocycles. The predicted molar refractivity (Wildman–Crippen MR) is 102 cm³/mol. The number of hydrogen-bond donors (Lipinski definition) is 0. The summed E-state index contributed by atoms with van der Waals surface area (Å²) in [5.74, 6) is 0. The van der Waals surface area contributed by atoms with Gasteiger partial charge >= 0.3 is 0 Å². The molecule has 0 amide bonds. The number of fused-ring (bicyclic) bond motifs is 2. The van der Waals surface area contributed by atoms with Gasteiger partial charge in [0.15, 0.2) is 5.69 Å². The Hall–Kier alpha value is -2.15. The first-order chi connectivity index (χ1) is 11.9. The zero-order valence-electron chi connectivity index (χ0n) is 16.4. The summed E-state index contributed by atoms with van der Waals surface area (Å²) < 4.78 is 10.9. The summed E-state index contributed by atoms with van der Waals surface area (Å²) in [5.41, 5.74) is 10.4. The van der Waals surface area contributed by atoms with E-state index in [2.05, 4.69) is 63.6 Å². The average Bonchev–Trinajstić information content (AvgIpc) is 3.03. The minimum Gasteiger partial charge on any atom is -0.198 e. The third-order valence-electron chi connectivity index (χ3n) is 5.71. The molecule has 1 aliphatic rings. The van der Waals surface area contributed by atoms with Gasteiger partial charge in [-0.05, 0) is 79.8 Å². The van der Waals surface area contributed by atoms with E-state index in [1.807, 2.05) is 0 Å². The van der Waals surface area contributed by atoms with Crippen molar-refractivity contribution in [2.24, 2.45) is 7.05 Å². The van der Waals surface area contributed by atoms with E-state index < -0.39 is 0 Å². The Morgan fingerprint density at radius 1 is 0.958 bits per heavy atom. The molecule has 0 atom stereocenters. The topological polar surface area (TPSA) is 3.88 Å². The second-order valence-electron chi connectivity index (χ2n) is 7.39. The van der Waals surface area contributed by atoms with Crippen LogP contribution in [0.5, 0.6) is 0 Å². The summed E-state index contributed by atoms with van der Waals surface area (Å²) in [6.07, 6.45) is 3.56. The van der Waals surface area contributed by atoms with Gasteiger partial charge in [-0.25, -0.2) is 0 Å². The van der Waals surface area contributed by atoms with Gasteiger partial charge in [-0.1, -0.05) is 17.7 Å². The van der Waals surface area contributed by atoms with Crippen LogP contribution in [-0.4, -0.2) is 0 Å². The van der Waals surface area contributed by atoms with E-state index in [-0.39, 0.29) is 0 Å². The molecule has 0 saturated carbocycles. The summed E-state index contributed by atoms with van der Waals surface area (Å²) >= 11 is 0. The van der Waals surface area contributed by atoms with E-state index in [0.29, 0.717) is 6.04 Å². The number of benzene rings is 2. The van der Waals surface area contributed by atoms with Gasteiger partial charge in [-0.2, -0.15) is 4.57 Å².